The molecule has 1 heterocycles. The van der Waals surface area contributed by atoms with Gasteiger partial charge in [-0.15, -0.1) is 0 Å². The third-order valence-electron chi connectivity index (χ3n) is 2.66. The van der Waals surface area contributed by atoms with E-state index in [4.69, 9.17) is 5.53 Å². The van der Waals surface area contributed by atoms with Gasteiger partial charge in [-0.05, 0) is 17.2 Å². The van der Waals surface area contributed by atoms with Gasteiger partial charge in [0.05, 0.1) is 12.6 Å². The Morgan fingerprint density at radius 3 is 3.00 bits per heavy atom. The van der Waals surface area contributed by atoms with Crippen LogP contribution in [-0.4, -0.2) is 24.4 Å². The van der Waals surface area contributed by atoms with E-state index in [0.717, 1.165) is 5.56 Å². The molecule has 15 heavy (non-hydrogen) atoms. The average molecular weight is 202 g/mol. The molecule has 0 bridgehead atoms. The lowest BCUT2D eigenvalue weighted by Gasteiger charge is -2.18. The van der Waals surface area contributed by atoms with Crippen LogP contribution in [0.1, 0.15) is 22.0 Å². The zero-order valence-electron chi connectivity index (χ0n) is 8.29. The van der Waals surface area contributed by atoms with E-state index < -0.39 is 0 Å². The van der Waals surface area contributed by atoms with Gasteiger partial charge in [-0.2, -0.15) is 0 Å². The third kappa shape index (κ3) is 1.43. The Morgan fingerprint density at radius 1 is 1.53 bits per heavy atom. The number of carbonyl (C=O) groups is 1. The highest BCUT2D eigenvalue weighted by Gasteiger charge is 2.32. The number of azide groups is 1. The zero-order chi connectivity index (χ0) is 10.8. The van der Waals surface area contributed by atoms with E-state index in [1.54, 1.807) is 18.0 Å². The maximum atomic E-state index is 11.8. The second-order valence-electron chi connectivity index (χ2n) is 3.43. The molecule has 0 saturated heterocycles. The van der Waals surface area contributed by atoms with Gasteiger partial charge in [0.1, 0.15) is 0 Å². The zero-order valence-corrected chi connectivity index (χ0v) is 8.29. The van der Waals surface area contributed by atoms with Gasteiger partial charge < -0.3 is 4.90 Å². The van der Waals surface area contributed by atoms with Crippen molar-refractivity contribution in [3.05, 3.63) is 45.8 Å². The van der Waals surface area contributed by atoms with Crippen molar-refractivity contribution in [1.82, 2.24) is 4.90 Å². The molecule has 1 unspecified atom stereocenters. The molecule has 1 amide bonds. The van der Waals surface area contributed by atoms with Gasteiger partial charge in [0.25, 0.3) is 5.91 Å². The first kappa shape index (κ1) is 9.55. The number of hydrogen-bond acceptors (Lipinski definition) is 2. The quantitative estimate of drug-likeness (QED) is 0.411. The largest absolute Gasteiger partial charge is 0.334 e. The monoisotopic (exact) mass is 202 g/mol. The highest BCUT2D eigenvalue weighted by molar-refractivity contribution is 5.99. The summed E-state index contributed by atoms with van der Waals surface area (Å²) in [6.45, 7) is 0.287. The van der Waals surface area contributed by atoms with Crippen LogP contribution in [0.5, 0.6) is 0 Å². The van der Waals surface area contributed by atoms with Crippen molar-refractivity contribution >= 4 is 5.91 Å². The van der Waals surface area contributed by atoms with Crippen molar-refractivity contribution in [3.63, 3.8) is 0 Å². The summed E-state index contributed by atoms with van der Waals surface area (Å²) in [4.78, 5) is 16.1. The first-order valence-corrected chi connectivity index (χ1v) is 4.62. The summed E-state index contributed by atoms with van der Waals surface area (Å²) in [6, 6.07) is 7.29. The first-order valence-electron chi connectivity index (χ1n) is 4.62. The smallest absolute Gasteiger partial charge is 0.254 e. The van der Waals surface area contributed by atoms with Crippen molar-refractivity contribution in [3.8, 4) is 0 Å². The highest BCUT2D eigenvalue weighted by atomic mass is 16.2. The van der Waals surface area contributed by atoms with E-state index in [9.17, 15) is 4.79 Å². The van der Waals surface area contributed by atoms with Gasteiger partial charge in [-0.25, -0.2) is 0 Å². The summed E-state index contributed by atoms with van der Waals surface area (Å²) < 4.78 is 0. The fourth-order valence-electron chi connectivity index (χ4n) is 1.86. The van der Waals surface area contributed by atoms with Crippen LogP contribution in [0.15, 0.2) is 29.4 Å². The molecule has 1 atom stereocenters. The van der Waals surface area contributed by atoms with E-state index >= 15 is 0 Å². The molecule has 1 aliphatic rings. The lowest BCUT2D eigenvalue weighted by Crippen LogP contribution is -2.24. The van der Waals surface area contributed by atoms with Crippen LogP contribution in [-0.2, 0) is 0 Å². The number of hydrogen-bond donors (Lipinski definition) is 0. The second kappa shape index (κ2) is 3.63. The van der Waals surface area contributed by atoms with Gasteiger partial charge in [0.15, 0.2) is 0 Å². The summed E-state index contributed by atoms with van der Waals surface area (Å²) >= 11 is 0. The summed E-state index contributed by atoms with van der Waals surface area (Å²) in [5.41, 5.74) is 9.93. The lowest BCUT2D eigenvalue weighted by molar-refractivity contribution is 0.0778. The van der Waals surface area contributed by atoms with E-state index in [1.165, 1.54) is 0 Å². The predicted molar refractivity (Wildman–Crippen MR) is 55.3 cm³/mol. The molecule has 0 radical (unpaired) electrons. The van der Waals surface area contributed by atoms with Crippen LogP contribution >= 0.6 is 0 Å². The van der Waals surface area contributed by atoms with E-state index in [1.807, 2.05) is 18.2 Å². The molecule has 0 spiro atoms. The van der Waals surface area contributed by atoms with Crippen LogP contribution < -0.4 is 0 Å². The number of rotatable bonds is 2. The number of carbonyl (C=O) groups excluding carboxylic acids is 1. The average Bonchev–Trinajstić information content (AvgIpc) is 2.51. The van der Waals surface area contributed by atoms with Gasteiger partial charge in [0.2, 0.25) is 0 Å². The van der Waals surface area contributed by atoms with Crippen molar-refractivity contribution in [2.75, 3.05) is 13.6 Å². The van der Waals surface area contributed by atoms with Gasteiger partial charge in [-0.1, -0.05) is 23.3 Å². The minimum atomic E-state index is -0.121. The molecule has 1 aromatic carbocycles. The number of benzene rings is 1. The third-order valence-corrected chi connectivity index (χ3v) is 2.66. The minimum Gasteiger partial charge on any atom is -0.334 e. The SMILES string of the molecule is CN1C(=O)c2ccccc2C1CN=[N+]=[N-]. The van der Waals surface area contributed by atoms with Gasteiger partial charge in [-0.3, -0.25) is 4.79 Å². The summed E-state index contributed by atoms with van der Waals surface area (Å²) in [5, 5.41) is 3.52. The molecule has 0 N–H and O–H groups in total. The second-order valence-corrected chi connectivity index (χ2v) is 3.43. The summed E-state index contributed by atoms with van der Waals surface area (Å²) in [5.74, 6) is -0.0104. The maximum absolute atomic E-state index is 11.8. The molecule has 76 valence electrons. The van der Waals surface area contributed by atoms with Crippen molar-refractivity contribution in [1.29, 1.82) is 0 Å². The van der Waals surface area contributed by atoms with Crippen molar-refractivity contribution < 1.29 is 4.79 Å². The predicted octanol–water partition coefficient (Wildman–Crippen LogP) is 2.12. The topological polar surface area (TPSA) is 69.1 Å². The molecule has 0 aliphatic carbocycles. The normalized spacial score (nSPS) is 18.6. The van der Waals surface area contributed by atoms with Crippen molar-refractivity contribution in [2.45, 2.75) is 6.04 Å². The highest BCUT2D eigenvalue weighted by Crippen LogP contribution is 2.32. The number of fused-ring (bicyclic) bond motifs is 1. The Kier molecular flexibility index (Phi) is 2.31. The minimum absolute atomic E-state index is 0.0104. The lowest BCUT2D eigenvalue weighted by atomic mass is 10.1. The molecule has 0 aromatic heterocycles. The molecule has 1 aliphatic heterocycles. The summed E-state index contributed by atoms with van der Waals surface area (Å²) in [7, 11) is 1.72. The standard InChI is InChI=1S/C10H10N4O/c1-14-9(6-12-13-11)7-4-2-3-5-8(7)10(14)15/h2-5,9H,6H2,1H3. The molecule has 0 fully saturated rings. The van der Waals surface area contributed by atoms with Gasteiger partial charge in [0, 0.05) is 17.5 Å². The molecular formula is C10H10N4O. The van der Waals surface area contributed by atoms with Crippen LogP contribution in [0.2, 0.25) is 0 Å². The van der Waals surface area contributed by atoms with E-state index in [2.05, 4.69) is 10.0 Å². The molecule has 5 heteroatoms. The maximum Gasteiger partial charge on any atom is 0.254 e. The van der Waals surface area contributed by atoms with Crippen LogP contribution in [0.4, 0.5) is 0 Å². The van der Waals surface area contributed by atoms with Crippen LogP contribution in [0.3, 0.4) is 0 Å². The Balaban J connectivity index is 2.41. The molecular weight excluding hydrogens is 192 g/mol. The molecule has 1 aromatic rings. The number of likely N-dealkylation sites (N-methyl/N-ethyl adjacent to an activating group) is 1. The Morgan fingerprint density at radius 2 is 2.27 bits per heavy atom. The number of nitrogens with zero attached hydrogens (tertiary/aromatic N) is 4. The molecule has 2 rings (SSSR count). The Hall–Kier alpha value is -2.00. The van der Waals surface area contributed by atoms with Crippen LogP contribution in [0, 0.1) is 0 Å². The van der Waals surface area contributed by atoms with Crippen molar-refractivity contribution in [2.24, 2.45) is 5.11 Å². The fraction of sp³-hybridized carbons (Fsp3) is 0.300. The van der Waals surface area contributed by atoms with E-state index in [-0.39, 0.29) is 18.5 Å². The Labute approximate surface area is 86.9 Å². The molecule has 5 nitrogen and oxygen atoms in total. The summed E-state index contributed by atoms with van der Waals surface area (Å²) in [6.07, 6.45) is 0. The fourth-order valence-corrected chi connectivity index (χ4v) is 1.86. The number of amides is 1. The Bertz CT molecular complexity index is 450. The first-order chi connectivity index (χ1) is 7.25. The van der Waals surface area contributed by atoms with Crippen LogP contribution in [0.25, 0.3) is 10.4 Å². The van der Waals surface area contributed by atoms with Gasteiger partial charge >= 0.3 is 0 Å². The van der Waals surface area contributed by atoms with E-state index in [0.29, 0.717) is 5.56 Å². The molecule has 0 saturated carbocycles.